The molecule has 0 radical (unpaired) electrons. The Balaban J connectivity index is 2.73. The van der Waals surface area contributed by atoms with E-state index in [1.807, 2.05) is 0 Å². The van der Waals surface area contributed by atoms with Crippen LogP contribution in [0.1, 0.15) is 31.6 Å². The van der Waals surface area contributed by atoms with Crippen molar-refractivity contribution in [2.75, 3.05) is 6.54 Å². The van der Waals surface area contributed by atoms with Crippen LogP contribution in [0.5, 0.6) is 0 Å². The van der Waals surface area contributed by atoms with E-state index in [0.29, 0.717) is 18.0 Å². The Kier molecular flexibility index (Phi) is 5.28. The number of rotatable bonds is 6. The summed E-state index contributed by atoms with van der Waals surface area (Å²) in [6, 6.07) is 3.33. The predicted octanol–water partition coefficient (Wildman–Crippen LogP) is 1.89. The lowest BCUT2D eigenvalue weighted by Crippen LogP contribution is -2.23. The lowest BCUT2D eigenvalue weighted by Gasteiger charge is -2.20. The third kappa shape index (κ3) is 4.96. The Bertz CT molecular complexity index is 378. The van der Waals surface area contributed by atoms with Crippen LogP contribution in [0, 0.1) is 5.92 Å². The maximum atomic E-state index is 11.4. The van der Waals surface area contributed by atoms with E-state index < -0.39 is 13.4 Å². The molecule has 0 amide bonds. The van der Waals surface area contributed by atoms with Gasteiger partial charge in [-0.3, -0.25) is 14.9 Å². The average molecular weight is 258 g/mol. The second kappa shape index (κ2) is 6.26. The summed E-state index contributed by atoms with van der Waals surface area (Å²) in [7, 11) is -4.21. The SMILES string of the molecule is CC(C)CCNC(c1cccnc1)P(=O)(O)O. The maximum Gasteiger partial charge on any atom is 0.346 e. The fourth-order valence-corrected chi connectivity index (χ4v) is 2.39. The normalized spacial score (nSPS) is 13.9. The van der Waals surface area contributed by atoms with Crippen LogP contribution in [-0.4, -0.2) is 21.3 Å². The highest BCUT2D eigenvalue weighted by Crippen LogP contribution is 2.49. The van der Waals surface area contributed by atoms with E-state index >= 15 is 0 Å². The van der Waals surface area contributed by atoms with Gasteiger partial charge in [-0.05, 0) is 30.5 Å². The van der Waals surface area contributed by atoms with E-state index in [0.717, 1.165) is 6.42 Å². The van der Waals surface area contributed by atoms with Crippen molar-refractivity contribution >= 4 is 7.60 Å². The van der Waals surface area contributed by atoms with Crippen molar-refractivity contribution in [1.82, 2.24) is 10.3 Å². The van der Waals surface area contributed by atoms with Gasteiger partial charge in [0.15, 0.2) is 0 Å². The molecule has 0 aromatic carbocycles. The molecule has 6 heteroatoms. The van der Waals surface area contributed by atoms with Gasteiger partial charge in [0.25, 0.3) is 0 Å². The monoisotopic (exact) mass is 258 g/mol. The number of hydrogen-bond donors (Lipinski definition) is 3. The third-order valence-electron chi connectivity index (χ3n) is 2.40. The highest BCUT2D eigenvalue weighted by molar-refractivity contribution is 7.52. The fourth-order valence-electron chi connectivity index (χ4n) is 1.48. The molecule has 1 aromatic rings. The van der Waals surface area contributed by atoms with Gasteiger partial charge in [0.05, 0.1) is 0 Å². The average Bonchev–Trinajstić information content (AvgIpc) is 2.23. The van der Waals surface area contributed by atoms with Crippen LogP contribution in [-0.2, 0) is 4.57 Å². The fraction of sp³-hybridized carbons (Fsp3) is 0.545. The van der Waals surface area contributed by atoms with Crippen LogP contribution < -0.4 is 5.32 Å². The van der Waals surface area contributed by atoms with Crippen molar-refractivity contribution in [2.45, 2.75) is 26.1 Å². The third-order valence-corrected chi connectivity index (χ3v) is 3.55. The Labute approximate surface area is 101 Å². The van der Waals surface area contributed by atoms with Gasteiger partial charge in [-0.25, -0.2) is 0 Å². The van der Waals surface area contributed by atoms with Crippen LogP contribution in [0.15, 0.2) is 24.5 Å². The van der Waals surface area contributed by atoms with Gasteiger partial charge in [0, 0.05) is 12.4 Å². The van der Waals surface area contributed by atoms with E-state index in [1.165, 1.54) is 6.20 Å². The first-order valence-electron chi connectivity index (χ1n) is 5.60. The first kappa shape index (κ1) is 14.3. The zero-order valence-electron chi connectivity index (χ0n) is 10.1. The van der Waals surface area contributed by atoms with Crippen LogP contribution in [0.4, 0.5) is 0 Å². The summed E-state index contributed by atoms with van der Waals surface area (Å²) < 4.78 is 11.4. The molecule has 0 aliphatic carbocycles. The number of nitrogens with one attached hydrogen (secondary N) is 1. The van der Waals surface area contributed by atoms with Crippen molar-refractivity contribution < 1.29 is 14.4 Å². The predicted molar refractivity (Wildman–Crippen MR) is 66.5 cm³/mol. The molecule has 17 heavy (non-hydrogen) atoms. The van der Waals surface area contributed by atoms with E-state index in [9.17, 15) is 14.4 Å². The molecule has 96 valence electrons. The van der Waals surface area contributed by atoms with Gasteiger partial charge in [0.1, 0.15) is 5.78 Å². The zero-order chi connectivity index (χ0) is 12.9. The molecule has 1 rings (SSSR count). The molecule has 0 saturated heterocycles. The number of pyridine rings is 1. The molecule has 0 aliphatic rings. The Morgan fingerprint density at radius 2 is 2.18 bits per heavy atom. The second-order valence-electron chi connectivity index (χ2n) is 4.41. The molecular weight excluding hydrogens is 239 g/mol. The summed E-state index contributed by atoms with van der Waals surface area (Å²) in [6.45, 7) is 4.71. The maximum absolute atomic E-state index is 11.4. The molecule has 0 aliphatic heterocycles. The summed E-state index contributed by atoms with van der Waals surface area (Å²) in [6.07, 6.45) is 3.93. The standard InChI is InChI=1S/C11H19N2O3P/c1-9(2)5-7-13-11(17(14,15)16)10-4-3-6-12-8-10/h3-4,6,8-9,11,13H,5,7H2,1-2H3,(H2,14,15,16). The van der Waals surface area contributed by atoms with Crippen molar-refractivity contribution in [3.63, 3.8) is 0 Å². The molecule has 1 heterocycles. The quantitative estimate of drug-likeness (QED) is 0.679. The lowest BCUT2D eigenvalue weighted by atomic mass is 10.1. The molecule has 1 atom stereocenters. The van der Waals surface area contributed by atoms with E-state index in [2.05, 4.69) is 24.1 Å². The van der Waals surface area contributed by atoms with Gasteiger partial charge in [-0.15, -0.1) is 0 Å². The van der Waals surface area contributed by atoms with E-state index in [1.54, 1.807) is 18.3 Å². The molecule has 1 aromatic heterocycles. The highest BCUT2D eigenvalue weighted by atomic mass is 31.2. The van der Waals surface area contributed by atoms with E-state index in [-0.39, 0.29) is 0 Å². The van der Waals surface area contributed by atoms with Gasteiger partial charge >= 0.3 is 7.60 Å². The van der Waals surface area contributed by atoms with Gasteiger partial charge in [-0.2, -0.15) is 0 Å². The minimum Gasteiger partial charge on any atom is -0.323 e. The first-order chi connectivity index (χ1) is 7.91. The molecular formula is C11H19N2O3P. The van der Waals surface area contributed by atoms with Crippen LogP contribution in [0.25, 0.3) is 0 Å². The molecule has 1 unspecified atom stereocenters. The second-order valence-corrected chi connectivity index (χ2v) is 6.11. The minimum atomic E-state index is -4.21. The molecule has 0 bridgehead atoms. The summed E-state index contributed by atoms with van der Waals surface area (Å²) in [5, 5.41) is 2.90. The topological polar surface area (TPSA) is 82.5 Å². The molecule has 0 spiro atoms. The zero-order valence-corrected chi connectivity index (χ0v) is 11.0. The lowest BCUT2D eigenvalue weighted by molar-refractivity contribution is 0.345. The number of hydrogen-bond acceptors (Lipinski definition) is 3. The van der Waals surface area contributed by atoms with Crippen molar-refractivity contribution in [3.05, 3.63) is 30.1 Å². The van der Waals surface area contributed by atoms with E-state index in [4.69, 9.17) is 0 Å². The molecule has 3 N–H and O–H groups in total. The first-order valence-corrected chi connectivity index (χ1v) is 7.28. The Morgan fingerprint density at radius 1 is 1.47 bits per heavy atom. The minimum absolute atomic E-state index is 0.494. The van der Waals surface area contributed by atoms with Crippen LogP contribution >= 0.6 is 7.60 Å². The highest BCUT2D eigenvalue weighted by Gasteiger charge is 2.29. The smallest absolute Gasteiger partial charge is 0.323 e. The summed E-state index contributed by atoms with van der Waals surface area (Å²) in [5.41, 5.74) is 0.518. The number of nitrogens with zero attached hydrogens (tertiary/aromatic N) is 1. The van der Waals surface area contributed by atoms with Gasteiger partial charge in [-0.1, -0.05) is 19.9 Å². The van der Waals surface area contributed by atoms with Crippen molar-refractivity contribution in [3.8, 4) is 0 Å². The largest absolute Gasteiger partial charge is 0.346 e. The van der Waals surface area contributed by atoms with Gasteiger partial charge < -0.3 is 9.79 Å². The molecule has 5 nitrogen and oxygen atoms in total. The van der Waals surface area contributed by atoms with Crippen LogP contribution in [0.2, 0.25) is 0 Å². The Hall–Kier alpha value is -0.740. The molecule has 0 fully saturated rings. The summed E-state index contributed by atoms with van der Waals surface area (Å²) >= 11 is 0. The molecule has 0 saturated carbocycles. The van der Waals surface area contributed by atoms with Crippen LogP contribution in [0.3, 0.4) is 0 Å². The summed E-state index contributed by atoms with van der Waals surface area (Å²) in [4.78, 5) is 22.5. The Morgan fingerprint density at radius 3 is 2.65 bits per heavy atom. The van der Waals surface area contributed by atoms with Gasteiger partial charge in [0.2, 0.25) is 0 Å². The number of aromatic nitrogens is 1. The van der Waals surface area contributed by atoms with Crippen molar-refractivity contribution in [2.24, 2.45) is 5.92 Å². The van der Waals surface area contributed by atoms with Crippen molar-refractivity contribution in [1.29, 1.82) is 0 Å². The summed E-state index contributed by atoms with van der Waals surface area (Å²) in [5.74, 6) is -0.469.